The van der Waals surface area contributed by atoms with Gasteiger partial charge in [-0.1, -0.05) is 0 Å². The summed E-state index contributed by atoms with van der Waals surface area (Å²) in [6, 6.07) is 0. The fourth-order valence-electron chi connectivity index (χ4n) is 3.09. The molecule has 100 valence electrons. The first-order chi connectivity index (χ1) is 8.16. The van der Waals surface area contributed by atoms with Gasteiger partial charge in [0.2, 0.25) is 11.3 Å². The minimum Gasteiger partial charge on any atom is -0.479 e. The highest BCUT2D eigenvalue weighted by atomic mass is 32.3. The predicted molar refractivity (Wildman–Crippen MR) is 48.3 cm³/mol. The third-order valence-electron chi connectivity index (χ3n) is 3.83. The molecule has 0 radical (unpaired) electrons. The van der Waals surface area contributed by atoms with Gasteiger partial charge in [-0.3, -0.25) is 0 Å². The van der Waals surface area contributed by atoms with Crippen LogP contribution in [-0.2, 0) is 28.4 Å². The van der Waals surface area contributed by atoms with Crippen LogP contribution in [0.15, 0.2) is 0 Å². The summed E-state index contributed by atoms with van der Waals surface area (Å²) in [7, 11) is -4.53. The normalized spacial score (nSPS) is 51.5. The number of aliphatic carboxylic acids is 2. The average Bonchev–Trinajstić information content (AvgIpc) is 2.54. The van der Waals surface area contributed by atoms with Gasteiger partial charge < -0.3 is 10.2 Å². The molecule has 3 rings (SSSR count). The highest BCUT2D eigenvalue weighted by Crippen LogP contribution is 2.70. The van der Waals surface area contributed by atoms with Gasteiger partial charge in [0.1, 0.15) is 6.10 Å². The molecule has 2 N–H and O–H groups in total. The van der Waals surface area contributed by atoms with Gasteiger partial charge in [-0.2, -0.15) is 8.42 Å². The lowest BCUT2D eigenvalue weighted by Crippen LogP contribution is -2.51. The summed E-state index contributed by atoms with van der Waals surface area (Å²) in [5.41, 5.74) is -5.23. The summed E-state index contributed by atoms with van der Waals surface area (Å²) in [6.45, 7) is 0. The topological polar surface area (TPSA) is 127 Å². The van der Waals surface area contributed by atoms with Crippen molar-refractivity contribution < 1.29 is 41.0 Å². The van der Waals surface area contributed by atoms with Crippen molar-refractivity contribution in [2.24, 2.45) is 11.8 Å². The third kappa shape index (κ3) is 1.04. The standard InChI is InChI=1S/C8H7FO8S/c9-7(5(10)11)2-1-3-8(4(2)7,6(12)13)17-18(14,15)16-3/h2-4H,1H2,(H,10,11)(H,12,13)/t2-,3-,4+,7-,8-/m1/s1. The van der Waals surface area contributed by atoms with Crippen molar-refractivity contribution in [2.75, 3.05) is 0 Å². The van der Waals surface area contributed by atoms with Gasteiger partial charge in [-0.15, -0.1) is 0 Å². The third-order valence-corrected chi connectivity index (χ3v) is 4.78. The van der Waals surface area contributed by atoms with E-state index in [4.69, 9.17) is 10.2 Å². The number of rotatable bonds is 2. The molecule has 1 aliphatic heterocycles. The maximum absolute atomic E-state index is 14.0. The molecule has 0 aromatic carbocycles. The quantitative estimate of drug-likeness (QED) is 0.654. The molecule has 3 fully saturated rings. The molecule has 10 heteroatoms. The summed E-state index contributed by atoms with van der Waals surface area (Å²) in [4.78, 5) is 22.0. The second-order valence-electron chi connectivity index (χ2n) is 4.57. The number of carboxylic acids is 2. The van der Waals surface area contributed by atoms with E-state index in [2.05, 4.69) is 8.37 Å². The first kappa shape index (κ1) is 11.8. The van der Waals surface area contributed by atoms with E-state index in [0.29, 0.717) is 0 Å². The van der Waals surface area contributed by atoms with Crippen molar-refractivity contribution >= 4 is 22.3 Å². The molecule has 1 heterocycles. The Balaban J connectivity index is 2.08. The molecule has 0 amide bonds. The van der Waals surface area contributed by atoms with Crippen LogP contribution < -0.4 is 0 Å². The molecule has 0 unspecified atom stereocenters. The van der Waals surface area contributed by atoms with E-state index in [-0.39, 0.29) is 6.42 Å². The Morgan fingerprint density at radius 1 is 1.28 bits per heavy atom. The summed E-state index contributed by atoms with van der Waals surface area (Å²) < 4.78 is 45.1. The minimum atomic E-state index is -4.53. The average molecular weight is 282 g/mol. The molecule has 0 bridgehead atoms. The summed E-state index contributed by atoms with van der Waals surface area (Å²) >= 11 is 0. The van der Waals surface area contributed by atoms with Crippen molar-refractivity contribution in [1.29, 1.82) is 0 Å². The van der Waals surface area contributed by atoms with Gasteiger partial charge in [0.05, 0.1) is 5.92 Å². The van der Waals surface area contributed by atoms with E-state index in [0.717, 1.165) is 0 Å². The van der Waals surface area contributed by atoms with Crippen LogP contribution in [-0.4, -0.2) is 47.9 Å². The number of carbonyl (C=O) groups is 2. The molecule has 18 heavy (non-hydrogen) atoms. The van der Waals surface area contributed by atoms with Crippen LogP contribution in [0.4, 0.5) is 4.39 Å². The van der Waals surface area contributed by atoms with Crippen LogP contribution >= 0.6 is 0 Å². The number of fused-ring (bicyclic) bond motifs is 3. The van der Waals surface area contributed by atoms with E-state index >= 15 is 0 Å². The van der Waals surface area contributed by atoms with Crippen LogP contribution in [0.1, 0.15) is 6.42 Å². The first-order valence-corrected chi connectivity index (χ1v) is 6.29. The molecule has 3 aliphatic rings. The minimum absolute atomic E-state index is 0.320. The number of alkyl halides is 1. The zero-order valence-electron chi connectivity index (χ0n) is 8.57. The molecular weight excluding hydrogens is 275 g/mol. The van der Waals surface area contributed by atoms with Crippen molar-refractivity contribution in [3.8, 4) is 0 Å². The molecule has 2 aliphatic carbocycles. The fourth-order valence-corrected chi connectivity index (χ4v) is 4.26. The molecule has 2 saturated carbocycles. The van der Waals surface area contributed by atoms with Crippen LogP contribution in [0, 0.1) is 11.8 Å². The van der Waals surface area contributed by atoms with Gasteiger partial charge >= 0.3 is 22.3 Å². The fraction of sp³-hybridized carbons (Fsp3) is 0.750. The molecule has 0 aromatic heterocycles. The molecular formula is C8H7FO8S. The Kier molecular flexibility index (Phi) is 1.86. The zero-order chi connectivity index (χ0) is 13.5. The number of hydrogen-bond donors (Lipinski definition) is 2. The predicted octanol–water partition coefficient (Wildman–Crippen LogP) is -1.09. The molecule has 8 nitrogen and oxygen atoms in total. The second-order valence-corrected chi connectivity index (χ2v) is 5.74. The molecule has 5 atom stereocenters. The van der Waals surface area contributed by atoms with E-state index in [1.165, 1.54) is 0 Å². The van der Waals surface area contributed by atoms with Gasteiger partial charge in [-0.25, -0.2) is 22.3 Å². The number of carboxylic acid groups (broad SMARTS) is 2. The van der Waals surface area contributed by atoms with E-state index < -0.39 is 51.5 Å². The maximum Gasteiger partial charge on any atom is 0.401 e. The van der Waals surface area contributed by atoms with Crippen LogP contribution in [0.25, 0.3) is 0 Å². The monoisotopic (exact) mass is 282 g/mol. The van der Waals surface area contributed by atoms with Gasteiger partial charge in [0.25, 0.3) is 0 Å². The number of halogens is 1. The van der Waals surface area contributed by atoms with Gasteiger partial charge in [0, 0.05) is 5.92 Å². The van der Waals surface area contributed by atoms with Crippen molar-refractivity contribution in [3.05, 3.63) is 0 Å². The lowest BCUT2D eigenvalue weighted by atomic mass is 9.91. The Hall–Kier alpha value is -1.26. The second kappa shape index (κ2) is 2.83. The Morgan fingerprint density at radius 2 is 1.89 bits per heavy atom. The van der Waals surface area contributed by atoms with Crippen LogP contribution in [0.5, 0.6) is 0 Å². The first-order valence-electron chi connectivity index (χ1n) is 4.96. The zero-order valence-corrected chi connectivity index (χ0v) is 9.39. The van der Waals surface area contributed by atoms with Crippen molar-refractivity contribution in [1.82, 2.24) is 0 Å². The lowest BCUT2D eigenvalue weighted by molar-refractivity contribution is -0.162. The lowest BCUT2D eigenvalue weighted by Gasteiger charge is -2.23. The Bertz CT molecular complexity index is 572. The summed E-state index contributed by atoms with van der Waals surface area (Å²) in [5, 5.41) is 17.8. The molecule has 1 saturated heterocycles. The highest BCUT2D eigenvalue weighted by Gasteiger charge is 2.89. The highest BCUT2D eigenvalue weighted by molar-refractivity contribution is 7.82. The van der Waals surface area contributed by atoms with Crippen LogP contribution in [0.3, 0.4) is 0 Å². The van der Waals surface area contributed by atoms with Crippen molar-refractivity contribution in [3.63, 3.8) is 0 Å². The van der Waals surface area contributed by atoms with E-state index in [1.54, 1.807) is 0 Å². The smallest absolute Gasteiger partial charge is 0.401 e. The van der Waals surface area contributed by atoms with Gasteiger partial charge in [-0.05, 0) is 6.42 Å². The Morgan fingerprint density at radius 3 is 2.39 bits per heavy atom. The molecule has 0 spiro atoms. The summed E-state index contributed by atoms with van der Waals surface area (Å²) in [6.07, 6.45) is -1.70. The number of hydrogen-bond acceptors (Lipinski definition) is 6. The SMILES string of the molecule is O=C(O)[C@@]1(F)[C@@H]2C[C@H]3OS(=O)(=O)O[C@@]3(C(=O)O)[C@@H]21. The van der Waals surface area contributed by atoms with E-state index in [9.17, 15) is 22.4 Å². The Labute approximate surface area is 99.6 Å². The maximum atomic E-state index is 14.0. The molecule has 0 aromatic rings. The van der Waals surface area contributed by atoms with Crippen LogP contribution in [0.2, 0.25) is 0 Å². The van der Waals surface area contributed by atoms with Crippen molar-refractivity contribution in [2.45, 2.75) is 23.8 Å². The van der Waals surface area contributed by atoms with E-state index in [1.807, 2.05) is 0 Å². The van der Waals surface area contributed by atoms with Gasteiger partial charge in [0.15, 0.2) is 0 Å². The largest absolute Gasteiger partial charge is 0.479 e. The summed E-state index contributed by atoms with van der Waals surface area (Å²) in [5.74, 6) is -6.21.